The van der Waals surface area contributed by atoms with Gasteiger partial charge in [-0.05, 0) is 185 Å². The Labute approximate surface area is 468 Å². The maximum absolute atomic E-state index is 11.5. The zero-order chi connectivity index (χ0) is 58.4. The van der Waals surface area contributed by atoms with Crippen molar-refractivity contribution < 1.29 is 28.8 Å². The van der Waals surface area contributed by atoms with Crippen molar-refractivity contribution >= 4 is 41.0 Å². The molecule has 6 rings (SSSR count). The molecule has 1 N–H and O–H groups in total. The average Bonchev–Trinajstić information content (AvgIpc) is 4.27. The van der Waals surface area contributed by atoms with Gasteiger partial charge >= 0.3 is 0 Å². The molecule has 6 atom stereocenters. The number of nitrogens with one attached hydrogen (secondary N) is 1. The SMILES string of the molecule is C=CC(=O)N1CCC(C(C)C)C1.C=CC(=O)N1CCCC(C(C)C)C1.C=CC(=O)N1CCCC1C(C)C.C=CC(=O)Nc1cccc(C(C)C)c1.CC#CC(=O)C1CCC(C(C)C)C1.CC#CC(=O)N1CCCC1C(C)C. The predicted molar refractivity (Wildman–Crippen MR) is 320 cm³/mol. The normalized spacial score (nSPS) is 21.2. The van der Waals surface area contributed by atoms with Crippen LogP contribution in [0, 0.1) is 76.9 Å². The van der Waals surface area contributed by atoms with Gasteiger partial charge in [-0.3, -0.25) is 28.8 Å². The smallest absolute Gasteiger partial charge is 0.298 e. The number of Topliss-reactive ketones (excluding diaryl/α,β-unsaturated/α-hetero) is 1. The summed E-state index contributed by atoms with van der Waals surface area (Å²) in [5.74, 6) is 16.9. The number of nitrogens with zero attached hydrogens (tertiary/aromatic N) is 4. The van der Waals surface area contributed by atoms with Gasteiger partial charge < -0.3 is 24.9 Å². The monoisotopic (exact) mass is 1060 g/mol. The summed E-state index contributed by atoms with van der Waals surface area (Å²) in [6, 6.07) is 8.69. The summed E-state index contributed by atoms with van der Waals surface area (Å²) < 4.78 is 0. The van der Waals surface area contributed by atoms with Crippen molar-refractivity contribution in [2.75, 3.05) is 44.6 Å². The van der Waals surface area contributed by atoms with Crippen LogP contribution < -0.4 is 5.32 Å². The maximum atomic E-state index is 11.5. The quantitative estimate of drug-likeness (QED) is 0.126. The third-order valence-electron chi connectivity index (χ3n) is 15.7. The van der Waals surface area contributed by atoms with Crippen LogP contribution in [0.1, 0.15) is 173 Å². The number of piperidine rings is 1. The van der Waals surface area contributed by atoms with Gasteiger partial charge in [-0.15, -0.1) is 0 Å². The minimum atomic E-state index is -0.175. The van der Waals surface area contributed by atoms with Crippen LogP contribution in [0.5, 0.6) is 0 Å². The lowest BCUT2D eigenvalue weighted by Crippen LogP contribution is -2.40. The summed E-state index contributed by atoms with van der Waals surface area (Å²) in [4.78, 5) is 75.5. The minimum Gasteiger partial charge on any atom is -0.339 e. The molecule has 5 fully saturated rings. The number of rotatable bonds is 12. The third kappa shape index (κ3) is 25.1. The minimum absolute atomic E-state index is 0.00120. The fraction of sp³-hybridized carbons (Fsp3) is 0.636. The number of ketones is 1. The van der Waals surface area contributed by atoms with Crippen molar-refractivity contribution in [2.24, 2.45) is 53.3 Å². The molecule has 4 heterocycles. The zero-order valence-corrected chi connectivity index (χ0v) is 50.4. The molecule has 11 nitrogen and oxygen atoms in total. The lowest BCUT2D eigenvalue weighted by Gasteiger charge is -2.34. The maximum Gasteiger partial charge on any atom is 0.298 e. The number of benzene rings is 1. The van der Waals surface area contributed by atoms with Crippen LogP contribution in [0.15, 0.2) is 74.9 Å². The Hall–Kier alpha value is -5.68. The second-order valence-corrected chi connectivity index (χ2v) is 23.2. The predicted octanol–water partition coefficient (Wildman–Crippen LogP) is 12.8. The summed E-state index contributed by atoms with van der Waals surface area (Å²) in [6.07, 6.45) is 16.9. The summed E-state index contributed by atoms with van der Waals surface area (Å²) >= 11 is 0. The van der Waals surface area contributed by atoms with Gasteiger partial charge in [-0.1, -0.05) is 133 Å². The van der Waals surface area contributed by atoms with E-state index in [9.17, 15) is 28.8 Å². The zero-order valence-electron chi connectivity index (χ0n) is 50.4. The van der Waals surface area contributed by atoms with Crippen LogP contribution in [-0.2, 0) is 28.8 Å². The van der Waals surface area contributed by atoms with E-state index < -0.39 is 0 Å². The van der Waals surface area contributed by atoms with Gasteiger partial charge in [0.1, 0.15) is 0 Å². The van der Waals surface area contributed by atoms with E-state index in [1.165, 1.54) is 42.7 Å². The molecule has 1 aromatic carbocycles. The summed E-state index contributed by atoms with van der Waals surface area (Å²) in [7, 11) is 0. The van der Waals surface area contributed by atoms with Crippen molar-refractivity contribution in [2.45, 2.75) is 179 Å². The Kier molecular flexibility index (Phi) is 33.5. The van der Waals surface area contributed by atoms with Gasteiger partial charge in [0.05, 0.1) is 0 Å². The van der Waals surface area contributed by atoms with E-state index in [-0.39, 0.29) is 41.2 Å². The standard InChI is InChI=1S/C12H15NO.C12H18O.C11H19NO.C11H17NO.2C10H17NO/c1-4-12(14)13-11-7-5-6-10(8-11)9(2)3;1-4-5-12(13)11-7-6-10(8-11)9(2)3;1-4-11(13)12-7-5-6-10(8-12)9(2)3;1-4-6-11(13)12-8-5-7-10(12)9(2)3;1-4-10(12)11-6-5-9(7-11)8(2)3;1-4-10(12)11-7-5-6-9(11)8(2)3/h4-9H,1H2,2-3H3,(H,13,14);9-11H,6-8H2,1-3H3;4,9-10H,1,5-8H2,2-3H3;9-10H,5,7-8H2,1-3H3;2*4,8-9H,1,5-7H2,2-3H3. The fourth-order valence-electron chi connectivity index (χ4n) is 10.6. The van der Waals surface area contributed by atoms with Gasteiger partial charge in [0, 0.05) is 63.0 Å². The van der Waals surface area contributed by atoms with Gasteiger partial charge in [0.15, 0.2) is 0 Å². The van der Waals surface area contributed by atoms with E-state index in [0.29, 0.717) is 59.4 Å². The Balaban J connectivity index is 0.000000462. The highest BCUT2D eigenvalue weighted by Gasteiger charge is 2.32. The first kappa shape index (κ1) is 69.3. The van der Waals surface area contributed by atoms with Crippen LogP contribution in [0.3, 0.4) is 0 Å². The molecule has 5 amide bonds. The van der Waals surface area contributed by atoms with Gasteiger partial charge in [0.25, 0.3) is 5.91 Å². The number of likely N-dealkylation sites (tertiary alicyclic amines) is 4. The van der Waals surface area contributed by atoms with E-state index in [4.69, 9.17) is 0 Å². The molecule has 0 bridgehead atoms. The first-order valence-electron chi connectivity index (χ1n) is 28.9. The van der Waals surface area contributed by atoms with Crippen LogP contribution in [0.4, 0.5) is 5.69 Å². The van der Waals surface area contributed by atoms with Crippen molar-refractivity contribution in [3.05, 3.63) is 80.4 Å². The summed E-state index contributed by atoms with van der Waals surface area (Å²) in [6.45, 7) is 49.1. The molecular weight excluding hydrogens is 959 g/mol. The average molecular weight is 1060 g/mol. The molecular formula is C66H103N5O6. The van der Waals surface area contributed by atoms with E-state index >= 15 is 0 Å². The lowest BCUT2D eigenvalue weighted by molar-refractivity contribution is -0.128. The molecule has 0 spiro atoms. The molecule has 4 aliphatic heterocycles. The first-order chi connectivity index (χ1) is 36.4. The molecule has 0 radical (unpaired) electrons. The van der Waals surface area contributed by atoms with E-state index in [0.717, 1.165) is 102 Å². The molecule has 77 heavy (non-hydrogen) atoms. The summed E-state index contributed by atoms with van der Waals surface area (Å²) in [5, 5.41) is 2.73. The van der Waals surface area contributed by atoms with E-state index in [2.05, 4.69) is 138 Å². The van der Waals surface area contributed by atoms with Crippen LogP contribution in [0.2, 0.25) is 0 Å². The molecule has 4 saturated heterocycles. The molecule has 5 aliphatic rings. The number of amides is 5. The van der Waals surface area contributed by atoms with Crippen molar-refractivity contribution in [1.29, 1.82) is 0 Å². The Morgan fingerprint density at radius 3 is 1.49 bits per heavy atom. The number of carbonyl (C=O) groups is 6. The van der Waals surface area contributed by atoms with E-state index in [1.807, 2.05) is 43.9 Å². The lowest BCUT2D eigenvalue weighted by atomic mass is 9.88. The Morgan fingerprint density at radius 2 is 1.04 bits per heavy atom. The van der Waals surface area contributed by atoms with Crippen molar-refractivity contribution in [3.63, 3.8) is 0 Å². The highest BCUT2D eigenvalue weighted by Crippen LogP contribution is 2.36. The molecule has 1 aromatic rings. The number of hydrogen-bond acceptors (Lipinski definition) is 6. The molecule has 11 heteroatoms. The molecule has 6 unspecified atom stereocenters. The first-order valence-corrected chi connectivity index (χ1v) is 28.9. The third-order valence-corrected chi connectivity index (χ3v) is 15.7. The molecule has 0 aromatic heterocycles. The molecule has 428 valence electrons. The van der Waals surface area contributed by atoms with Gasteiger partial charge in [-0.25, -0.2) is 0 Å². The van der Waals surface area contributed by atoms with Gasteiger partial charge in [0.2, 0.25) is 29.4 Å². The Bertz CT molecular complexity index is 2180. The van der Waals surface area contributed by atoms with Crippen LogP contribution in [-0.4, -0.2) is 106 Å². The van der Waals surface area contributed by atoms with Gasteiger partial charge in [-0.2, -0.15) is 0 Å². The van der Waals surface area contributed by atoms with E-state index in [1.54, 1.807) is 13.8 Å². The van der Waals surface area contributed by atoms with Crippen LogP contribution in [0.25, 0.3) is 0 Å². The molecule has 1 aliphatic carbocycles. The number of carbonyl (C=O) groups excluding carboxylic acids is 6. The number of anilines is 1. The Morgan fingerprint density at radius 1 is 0.545 bits per heavy atom. The summed E-state index contributed by atoms with van der Waals surface area (Å²) in [5.41, 5.74) is 2.04. The largest absolute Gasteiger partial charge is 0.339 e. The highest BCUT2D eigenvalue weighted by atomic mass is 16.2. The van der Waals surface area contributed by atoms with Crippen molar-refractivity contribution in [3.8, 4) is 23.7 Å². The second-order valence-electron chi connectivity index (χ2n) is 23.2. The van der Waals surface area contributed by atoms with Crippen molar-refractivity contribution in [1.82, 2.24) is 19.6 Å². The van der Waals surface area contributed by atoms with Crippen LogP contribution >= 0.6 is 0 Å². The topological polar surface area (TPSA) is 127 Å². The fourth-order valence-corrected chi connectivity index (χ4v) is 10.6. The highest BCUT2D eigenvalue weighted by molar-refractivity contribution is 5.99. The second kappa shape index (κ2) is 37.2. The number of hydrogen-bond donors (Lipinski definition) is 1. The molecule has 1 saturated carbocycles.